The lowest BCUT2D eigenvalue weighted by atomic mass is 9.95. The van der Waals surface area contributed by atoms with E-state index in [9.17, 15) is 14.4 Å². The molecule has 2 heterocycles. The van der Waals surface area contributed by atoms with E-state index in [2.05, 4.69) is 4.98 Å². The van der Waals surface area contributed by atoms with Crippen LogP contribution in [0.4, 0.5) is 0 Å². The van der Waals surface area contributed by atoms with Gasteiger partial charge in [-0.1, -0.05) is 41.4 Å². The maximum atomic E-state index is 12.2. The molecule has 0 aliphatic carbocycles. The summed E-state index contributed by atoms with van der Waals surface area (Å²) in [5.74, 6) is -0.859. The number of aliphatic hydroxyl groups excluding tert-OH is 1. The summed E-state index contributed by atoms with van der Waals surface area (Å²) in [7, 11) is 0. The van der Waals surface area contributed by atoms with Crippen molar-refractivity contribution in [3.8, 4) is 0 Å². The number of aryl methyl sites for hydroxylation is 1. The second-order valence-corrected chi connectivity index (χ2v) is 8.86. The van der Waals surface area contributed by atoms with Crippen LogP contribution in [0, 0.1) is 5.92 Å². The maximum Gasteiger partial charge on any atom is 0.303 e. The van der Waals surface area contributed by atoms with Crippen molar-refractivity contribution >= 4 is 40.7 Å². The van der Waals surface area contributed by atoms with E-state index in [1.54, 1.807) is 17.0 Å². The third-order valence-corrected chi connectivity index (χ3v) is 6.31. The van der Waals surface area contributed by atoms with Gasteiger partial charge < -0.3 is 20.1 Å². The Kier molecular flexibility index (Phi) is 8.72. The first-order valence-corrected chi connectivity index (χ1v) is 11.5. The summed E-state index contributed by atoms with van der Waals surface area (Å²) in [5, 5.41) is 18.5. The van der Waals surface area contributed by atoms with Gasteiger partial charge in [-0.05, 0) is 54.5 Å². The van der Waals surface area contributed by atoms with Crippen LogP contribution >= 0.6 is 23.2 Å². The molecule has 1 atom stereocenters. The fraction of sp³-hybridized carbons (Fsp3) is 0.375. The lowest BCUT2D eigenvalue weighted by molar-refractivity contribution is -0.137. The third-order valence-electron chi connectivity index (χ3n) is 5.66. The van der Waals surface area contributed by atoms with Gasteiger partial charge in [0.2, 0.25) is 5.91 Å². The number of likely N-dealkylation sites (tertiary alicyclic amines) is 1. The van der Waals surface area contributed by atoms with Gasteiger partial charge in [-0.2, -0.15) is 0 Å². The number of aliphatic carboxylic acids is 1. The molecule has 0 unspecified atom stereocenters. The van der Waals surface area contributed by atoms with Gasteiger partial charge in [-0.25, -0.2) is 0 Å². The average Bonchev–Trinajstić information content (AvgIpc) is 3.24. The molecule has 0 radical (unpaired) electrons. The zero-order chi connectivity index (χ0) is 24.0. The molecule has 1 aliphatic heterocycles. The van der Waals surface area contributed by atoms with Crippen molar-refractivity contribution in [2.75, 3.05) is 19.7 Å². The minimum absolute atomic E-state index is 0.0656. The second-order valence-electron chi connectivity index (χ2n) is 8.05. The van der Waals surface area contributed by atoms with Crippen molar-refractivity contribution in [3.05, 3.63) is 73.6 Å². The van der Waals surface area contributed by atoms with Crippen LogP contribution in [0.15, 0.2) is 41.2 Å². The molecule has 0 spiro atoms. The van der Waals surface area contributed by atoms with E-state index >= 15 is 0 Å². The highest BCUT2D eigenvalue weighted by atomic mass is 35.5. The Morgan fingerprint density at radius 2 is 1.94 bits per heavy atom. The molecule has 1 amide bonds. The summed E-state index contributed by atoms with van der Waals surface area (Å²) in [6.45, 7) is 0.958. The molecule has 0 bridgehead atoms. The Balaban J connectivity index is 1.91. The number of aliphatic hydroxyl groups is 1. The van der Waals surface area contributed by atoms with Gasteiger partial charge in [0.25, 0.3) is 5.56 Å². The number of carbonyl (C=O) groups excluding carboxylic acids is 1. The predicted octanol–water partition coefficient (Wildman–Crippen LogP) is 3.75. The van der Waals surface area contributed by atoms with Gasteiger partial charge in [0.1, 0.15) is 5.02 Å². The number of nitrogens with one attached hydrogen (secondary N) is 1. The Bertz CT molecular complexity index is 1110. The molecule has 1 aromatic carbocycles. The second kappa shape index (κ2) is 11.5. The summed E-state index contributed by atoms with van der Waals surface area (Å²) >= 11 is 12.4. The van der Waals surface area contributed by atoms with Crippen LogP contribution in [0.2, 0.25) is 10.0 Å². The topological polar surface area (TPSA) is 111 Å². The molecule has 0 saturated carbocycles. The van der Waals surface area contributed by atoms with Crippen LogP contribution in [0.5, 0.6) is 0 Å². The maximum absolute atomic E-state index is 12.2. The Labute approximate surface area is 201 Å². The summed E-state index contributed by atoms with van der Waals surface area (Å²) in [6.07, 6.45) is 4.00. The number of benzene rings is 1. The van der Waals surface area contributed by atoms with Crippen molar-refractivity contribution in [3.63, 3.8) is 0 Å². The number of carbonyl (C=O) groups is 2. The quantitative estimate of drug-likeness (QED) is 0.493. The van der Waals surface area contributed by atoms with Gasteiger partial charge in [0.15, 0.2) is 0 Å². The van der Waals surface area contributed by atoms with Crippen molar-refractivity contribution in [2.24, 2.45) is 5.92 Å². The Morgan fingerprint density at radius 1 is 1.15 bits per heavy atom. The number of hydrogen-bond donors (Lipinski definition) is 3. The first kappa shape index (κ1) is 25.0. The van der Waals surface area contributed by atoms with Gasteiger partial charge in [-0.15, -0.1) is 0 Å². The number of aromatic amines is 1. The smallest absolute Gasteiger partial charge is 0.303 e. The van der Waals surface area contributed by atoms with Crippen molar-refractivity contribution in [1.82, 2.24) is 9.88 Å². The number of amides is 1. The van der Waals surface area contributed by atoms with Gasteiger partial charge in [0.05, 0.1) is 6.61 Å². The monoisotopic (exact) mass is 492 g/mol. The van der Waals surface area contributed by atoms with E-state index in [-0.39, 0.29) is 36.3 Å². The normalized spacial score (nSPS) is 16.3. The fourth-order valence-electron chi connectivity index (χ4n) is 3.94. The summed E-state index contributed by atoms with van der Waals surface area (Å²) in [6, 6.07) is 8.84. The highest BCUT2D eigenvalue weighted by Crippen LogP contribution is 2.31. The van der Waals surface area contributed by atoms with Crippen molar-refractivity contribution < 1.29 is 19.8 Å². The first-order chi connectivity index (χ1) is 15.8. The zero-order valence-corrected chi connectivity index (χ0v) is 19.5. The molecule has 1 saturated heterocycles. The van der Waals surface area contributed by atoms with Gasteiger partial charge in [-0.3, -0.25) is 14.4 Å². The number of halogens is 2. The zero-order valence-electron chi connectivity index (χ0n) is 18.0. The molecule has 33 heavy (non-hydrogen) atoms. The molecule has 1 aliphatic rings. The molecule has 9 heteroatoms. The largest absolute Gasteiger partial charge is 0.481 e. The number of nitrogens with zero attached hydrogens (tertiary/aromatic N) is 1. The fourth-order valence-corrected chi connectivity index (χ4v) is 4.33. The predicted molar refractivity (Wildman–Crippen MR) is 128 cm³/mol. The first-order valence-electron chi connectivity index (χ1n) is 10.8. The molecule has 1 aromatic heterocycles. The van der Waals surface area contributed by atoms with Crippen molar-refractivity contribution in [2.45, 2.75) is 32.1 Å². The summed E-state index contributed by atoms with van der Waals surface area (Å²) in [5.41, 5.74) is 2.60. The van der Waals surface area contributed by atoms with Crippen LogP contribution in [0.3, 0.4) is 0 Å². The minimum Gasteiger partial charge on any atom is -0.481 e. The highest BCUT2D eigenvalue weighted by Gasteiger charge is 2.25. The molecular formula is C24H26Cl2N2O5. The molecule has 2 aromatic rings. The van der Waals surface area contributed by atoms with Crippen LogP contribution in [0.25, 0.3) is 5.57 Å². The van der Waals surface area contributed by atoms with Crippen LogP contribution in [0.1, 0.15) is 42.5 Å². The van der Waals surface area contributed by atoms with E-state index < -0.39 is 11.5 Å². The van der Waals surface area contributed by atoms with Gasteiger partial charge in [0, 0.05) is 42.2 Å². The minimum atomic E-state index is -0.845. The van der Waals surface area contributed by atoms with E-state index in [1.807, 2.05) is 18.2 Å². The van der Waals surface area contributed by atoms with E-state index in [0.717, 1.165) is 23.1 Å². The van der Waals surface area contributed by atoms with Crippen molar-refractivity contribution in [1.29, 1.82) is 0 Å². The SMILES string of the molecule is O=C(O)CCCc1ccc(/C(=C\[C@H]2CCN(C(=O)CCO)C2)c2ccc(Cl)c(=O)[nH]2)cc1Cl. The number of aromatic nitrogens is 1. The molecule has 3 N–H and O–H groups in total. The van der Waals surface area contributed by atoms with E-state index in [4.69, 9.17) is 33.4 Å². The van der Waals surface area contributed by atoms with Gasteiger partial charge >= 0.3 is 5.97 Å². The number of H-pyrrole nitrogens is 1. The van der Waals surface area contributed by atoms with Crippen LogP contribution in [-0.2, 0) is 16.0 Å². The highest BCUT2D eigenvalue weighted by molar-refractivity contribution is 6.31. The lowest BCUT2D eigenvalue weighted by Gasteiger charge is -2.16. The number of carboxylic acid groups (broad SMARTS) is 1. The Morgan fingerprint density at radius 3 is 2.61 bits per heavy atom. The molecule has 176 valence electrons. The number of pyridine rings is 1. The van der Waals surface area contributed by atoms with E-state index in [0.29, 0.717) is 36.6 Å². The summed E-state index contributed by atoms with van der Waals surface area (Å²) in [4.78, 5) is 39.6. The molecular weight excluding hydrogens is 467 g/mol. The number of hydrogen-bond acceptors (Lipinski definition) is 4. The van der Waals surface area contributed by atoms with Crippen LogP contribution in [-0.4, -0.2) is 51.7 Å². The van der Waals surface area contributed by atoms with E-state index in [1.165, 1.54) is 6.07 Å². The Hall–Kier alpha value is -2.61. The molecule has 3 rings (SSSR count). The number of carboxylic acids is 1. The lowest BCUT2D eigenvalue weighted by Crippen LogP contribution is -2.29. The average molecular weight is 493 g/mol. The van der Waals surface area contributed by atoms with Crippen LogP contribution < -0.4 is 5.56 Å². The number of rotatable bonds is 9. The standard InChI is InChI=1S/C24H26Cl2N2O5/c25-19-6-7-21(27-24(19)33)18(12-15-8-10-28(14-15)22(30)9-11-29)17-5-4-16(20(26)13-17)2-1-3-23(31)32/h4-7,12-13,15,29H,1-3,8-11,14H2,(H,27,33)(H,31,32)/b18-12+/t15-/m1/s1. The third kappa shape index (κ3) is 6.69. The summed E-state index contributed by atoms with van der Waals surface area (Å²) < 4.78 is 0. The molecule has 1 fully saturated rings. The molecule has 7 nitrogen and oxygen atoms in total.